The summed E-state index contributed by atoms with van der Waals surface area (Å²) in [5, 5.41) is 3.60. The predicted molar refractivity (Wildman–Crippen MR) is 61.9 cm³/mol. The fraction of sp³-hybridized carbons (Fsp3) is 0.923. The van der Waals surface area contributed by atoms with Gasteiger partial charge in [0.1, 0.15) is 5.78 Å². The molecule has 2 bridgehead atoms. The Balaban J connectivity index is 1.98. The lowest BCUT2D eigenvalue weighted by atomic mass is 10.2. The van der Waals surface area contributed by atoms with E-state index in [1.807, 2.05) is 6.92 Å². The molecule has 2 saturated heterocycles. The lowest BCUT2D eigenvalue weighted by molar-refractivity contribution is -0.124. The topological polar surface area (TPSA) is 29.1 Å². The van der Waals surface area contributed by atoms with Crippen LogP contribution in [0.1, 0.15) is 67.4 Å². The summed E-state index contributed by atoms with van der Waals surface area (Å²) in [4.78, 5) is 11.7. The van der Waals surface area contributed by atoms with Gasteiger partial charge in [-0.25, -0.2) is 0 Å². The van der Waals surface area contributed by atoms with E-state index in [-0.39, 0.29) is 18.3 Å². The average Bonchev–Trinajstić information content (AvgIpc) is 2.13. The third-order valence-corrected chi connectivity index (χ3v) is 3.67. The summed E-state index contributed by atoms with van der Waals surface area (Å²) in [7, 11) is 0. The van der Waals surface area contributed by atoms with E-state index in [0.29, 0.717) is 31.1 Å². The van der Waals surface area contributed by atoms with Crippen molar-refractivity contribution < 1.29 is 7.54 Å². The molecule has 0 aromatic carbocycles. The molecular formula is C13H23NO. The maximum Gasteiger partial charge on any atom is 0.136 e. The Hall–Kier alpha value is -0.370. The Labute approximate surface area is 95.6 Å². The smallest absolute Gasteiger partial charge is 0.136 e. The summed E-state index contributed by atoms with van der Waals surface area (Å²) in [5.74, 6) is 0.361. The van der Waals surface area contributed by atoms with Crippen molar-refractivity contribution in [3.63, 3.8) is 0 Å². The van der Waals surface area contributed by atoms with Gasteiger partial charge in [0, 0.05) is 27.2 Å². The van der Waals surface area contributed by atoms with Crippen LogP contribution in [0.5, 0.6) is 0 Å². The number of nitrogens with one attached hydrogen (secondary N) is 1. The number of fused-ring (bicyclic) bond motifs is 2. The van der Waals surface area contributed by atoms with E-state index in [1.165, 1.54) is 6.42 Å². The number of hydrogen-bond acceptors (Lipinski definition) is 2. The highest BCUT2D eigenvalue weighted by atomic mass is 16.3. The van der Waals surface area contributed by atoms with Gasteiger partial charge in [-0.2, -0.15) is 0 Å². The van der Waals surface area contributed by atoms with Crippen LogP contribution in [0, 0.1) is 0 Å². The van der Waals surface area contributed by atoms with Crippen molar-refractivity contribution in [1.29, 1.82) is 0 Å². The zero-order chi connectivity index (χ0) is 12.5. The van der Waals surface area contributed by atoms with Crippen molar-refractivity contribution in [2.45, 2.75) is 76.2 Å². The van der Waals surface area contributed by atoms with Crippen molar-refractivity contribution in [3.8, 4) is 0 Å². The van der Waals surface area contributed by atoms with Crippen LogP contribution in [0.3, 0.4) is 0 Å². The first-order chi connectivity index (χ1) is 7.99. The fourth-order valence-corrected chi connectivity index (χ4v) is 3.04. The van der Waals surface area contributed by atoms with E-state index in [0.717, 1.165) is 19.3 Å². The van der Waals surface area contributed by atoms with Crippen LogP contribution >= 0.6 is 0 Å². The second kappa shape index (κ2) is 4.65. The number of hydrogen-bond donors (Lipinski definition) is 1. The van der Waals surface area contributed by atoms with Gasteiger partial charge in [-0.15, -0.1) is 0 Å². The first-order valence-corrected chi connectivity index (χ1v) is 6.13. The van der Waals surface area contributed by atoms with Crippen LogP contribution in [0.2, 0.25) is 0 Å². The molecule has 0 amide bonds. The molecule has 0 spiro atoms. The maximum atomic E-state index is 11.7. The highest BCUT2D eigenvalue weighted by molar-refractivity contribution is 5.81. The third kappa shape index (κ3) is 2.60. The molecule has 0 aromatic rings. The van der Waals surface area contributed by atoms with E-state index in [4.69, 9.17) is 2.74 Å². The lowest BCUT2D eigenvalue weighted by Crippen LogP contribution is -2.58. The van der Waals surface area contributed by atoms with Crippen molar-refractivity contribution in [2.75, 3.05) is 0 Å². The molecule has 0 saturated carbocycles. The molecule has 2 aliphatic heterocycles. The number of carbonyl (C=O) groups excluding carboxylic acids is 1. The highest BCUT2D eigenvalue weighted by Crippen LogP contribution is 2.35. The van der Waals surface area contributed by atoms with Crippen molar-refractivity contribution in [2.24, 2.45) is 0 Å². The molecule has 3 unspecified atom stereocenters. The van der Waals surface area contributed by atoms with Crippen LogP contribution in [0.25, 0.3) is 0 Å². The minimum absolute atomic E-state index is 0.112. The van der Waals surface area contributed by atoms with Gasteiger partial charge in [-0.05, 0) is 19.3 Å². The zero-order valence-corrected chi connectivity index (χ0v) is 9.59. The number of piperidine rings is 2. The maximum absolute atomic E-state index is 11.7. The van der Waals surface area contributed by atoms with Crippen molar-refractivity contribution in [1.82, 2.24) is 5.32 Å². The highest BCUT2D eigenvalue weighted by Gasteiger charge is 2.41. The predicted octanol–water partition coefficient (Wildman–Crippen LogP) is 2.81. The number of rotatable bonds is 4. The molecule has 0 aromatic heterocycles. The molecule has 2 fully saturated rings. The van der Waals surface area contributed by atoms with Gasteiger partial charge in [-0.1, -0.05) is 32.6 Å². The minimum atomic E-state index is -0.209. The van der Waals surface area contributed by atoms with E-state index >= 15 is 0 Å². The van der Waals surface area contributed by atoms with Gasteiger partial charge in [0.05, 0.1) is 0 Å². The van der Waals surface area contributed by atoms with Crippen molar-refractivity contribution in [3.05, 3.63) is 0 Å². The summed E-state index contributed by atoms with van der Waals surface area (Å²) in [5.41, 5.74) is -0.112. The number of carbonyl (C=O) groups is 1. The SMILES string of the molecule is [2H]C(C)CC([2H])C[14C@@]12C[14CH2]C[14CH](C[14C](=O)C1)N2. The van der Waals surface area contributed by atoms with Crippen LogP contribution in [-0.4, -0.2) is 17.4 Å². The molecule has 1 N–H and O–H groups in total. The van der Waals surface area contributed by atoms with Crippen LogP contribution in [0.15, 0.2) is 0 Å². The minimum Gasteiger partial charge on any atom is -0.308 e. The molecule has 4 atom stereocenters. The molecule has 86 valence electrons. The van der Waals surface area contributed by atoms with Crippen molar-refractivity contribution >= 4 is 5.78 Å². The first kappa shape index (κ1) is 8.74. The summed E-state index contributed by atoms with van der Waals surface area (Å²) in [6, 6.07) is 0.352. The third-order valence-electron chi connectivity index (χ3n) is 3.67. The Morgan fingerprint density at radius 3 is 3.40 bits per heavy atom. The quantitative estimate of drug-likeness (QED) is 0.787. The van der Waals surface area contributed by atoms with E-state index in [9.17, 15) is 4.79 Å². The number of Topliss-reactive ketones (excluding diaryl/α,β-unsaturated/α-hetero) is 1. The fourth-order valence-electron chi connectivity index (χ4n) is 3.04. The largest absolute Gasteiger partial charge is 0.308 e. The summed E-state index contributed by atoms with van der Waals surface area (Å²) < 4.78 is 15.6. The number of ketones is 1. The van der Waals surface area contributed by atoms with E-state index in [1.54, 1.807) is 0 Å². The Morgan fingerprint density at radius 1 is 1.73 bits per heavy atom. The molecule has 0 aliphatic carbocycles. The molecule has 2 aliphatic rings. The van der Waals surface area contributed by atoms with E-state index < -0.39 is 0 Å². The van der Waals surface area contributed by atoms with Gasteiger partial charge in [0.25, 0.3) is 0 Å². The normalized spacial score (nSPS) is 41.7. The van der Waals surface area contributed by atoms with E-state index in [2.05, 4.69) is 5.32 Å². The average molecular weight is 219 g/mol. The first-order valence-electron chi connectivity index (χ1n) is 7.28. The summed E-state index contributed by atoms with van der Waals surface area (Å²) >= 11 is 0. The van der Waals surface area contributed by atoms with Crippen LogP contribution < -0.4 is 5.32 Å². The Bertz CT molecular complexity index is 295. The van der Waals surface area contributed by atoms with Crippen LogP contribution in [0.4, 0.5) is 0 Å². The van der Waals surface area contributed by atoms with Gasteiger partial charge in [-0.3, -0.25) is 4.79 Å². The molecule has 2 heteroatoms. The van der Waals surface area contributed by atoms with Crippen LogP contribution in [-0.2, 0) is 4.79 Å². The monoisotopic (exact) mass is 219 g/mol. The molecule has 2 rings (SSSR count). The molecule has 15 heavy (non-hydrogen) atoms. The lowest BCUT2D eigenvalue weighted by Gasteiger charge is -2.46. The summed E-state index contributed by atoms with van der Waals surface area (Å²) in [6.07, 6.45) is 5.55. The standard InChI is InChI=1S/C13H23NO/c1-2-3-4-7-13-8-5-6-11(14-13)9-12(15)10-13/h11,14H,2-10H2,1H3/t11?,13-/m1/s1/i2D,4D,5+2,11+2,12+2,13+2/t2?,4?,11?,13-. The second-order valence-electron chi connectivity index (χ2n) is 5.07. The second-order valence-corrected chi connectivity index (χ2v) is 5.07. The van der Waals surface area contributed by atoms with Gasteiger partial charge in [0.15, 0.2) is 0 Å². The molecule has 2 heterocycles. The van der Waals surface area contributed by atoms with Gasteiger partial charge in [0.2, 0.25) is 0 Å². The zero-order valence-electron chi connectivity index (χ0n) is 11.6. The summed E-state index contributed by atoms with van der Waals surface area (Å²) in [6.45, 7) is 1.84. The van der Waals surface area contributed by atoms with Gasteiger partial charge < -0.3 is 5.32 Å². The molecule has 0 radical (unpaired) electrons. The Morgan fingerprint density at radius 2 is 2.60 bits per heavy atom. The molecular weight excluding hydrogens is 194 g/mol. The van der Waals surface area contributed by atoms with Gasteiger partial charge >= 0.3 is 0 Å². The Kier molecular flexibility index (Phi) is 2.71. The molecule has 2 nitrogen and oxygen atoms in total.